The standard InChI is InChI=1S/C30H29FN6O2/c1-17(38)36(3)37(16-22-7-5-18(13-26(22)31)4-6-20-10-19-11-23(20)12-19)30(39)21-8-9-27-24(14-21)28-25(29(32)34-27)15-33-35(28)2/h5,7-9,13-15,19-20,23H,10-12,16H2,1-3H3,(H2,32,34)/t19?,20-,23?/m1/s1. The second-order valence-electron chi connectivity index (χ2n) is 10.7. The normalized spacial score (nSPS) is 19.4. The van der Waals surface area contributed by atoms with Crippen molar-refractivity contribution in [1.29, 1.82) is 0 Å². The predicted octanol–water partition coefficient (Wildman–Crippen LogP) is 4.28. The van der Waals surface area contributed by atoms with Gasteiger partial charge < -0.3 is 5.73 Å². The molecule has 8 nitrogen and oxygen atoms in total. The number of nitrogens with two attached hydrogens (primary N) is 1. The zero-order chi connectivity index (χ0) is 27.4. The zero-order valence-corrected chi connectivity index (χ0v) is 22.1. The van der Waals surface area contributed by atoms with Gasteiger partial charge in [0, 0.05) is 49.0 Å². The van der Waals surface area contributed by atoms with Gasteiger partial charge in [0.05, 0.1) is 29.2 Å². The molecule has 0 unspecified atom stereocenters. The van der Waals surface area contributed by atoms with Crippen LogP contribution in [0.5, 0.6) is 0 Å². The second kappa shape index (κ2) is 9.38. The van der Waals surface area contributed by atoms with Crippen LogP contribution in [0.4, 0.5) is 10.2 Å². The number of hydrogen-bond acceptors (Lipinski definition) is 5. The van der Waals surface area contributed by atoms with Crippen LogP contribution in [0.2, 0.25) is 0 Å². The summed E-state index contributed by atoms with van der Waals surface area (Å²) in [6.45, 7) is 1.23. The molecule has 2 N–H and O–H groups in total. The van der Waals surface area contributed by atoms with E-state index in [4.69, 9.17) is 5.73 Å². The van der Waals surface area contributed by atoms with E-state index in [1.165, 1.54) is 42.9 Å². The van der Waals surface area contributed by atoms with Crippen molar-refractivity contribution in [3.05, 3.63) is 65.1 Å². The van der Waals surface area contributed by atoms with Crippen molar-refractivity contribution >= 4 is 39.4 Å². The highest BCUT2D eigenvalue weighted by molar-refractivity contribution is 6.10. The van der Waals surface area contributed by atoms with E-state index >= 15 is 4.39 Å². The molecule has 0 radical (unpaired) electrons. The number of nitrogens with zero attached hydrogens (tertiary/aromatic N) is 5. The number of rotatable bonds is 3. The maximum Gasteiger partial charge on any atom is 0.272 e. The smallest absolute Gasteiger partial charge is 0.272 e. The summed E-state index contributed by atoms with van der Waals surface area (Å²) in [5, 5.41) is 8.10. The van der Waals surface area contributed by atoms with Gasteiger partial charge in [-0.2, -0.15) is 5.10 Å². The lowest BCUT2D eigenvalue weighted by atomic mass is 9.83. The minimum Gasteiger partial charge on any atom is -0.383 e. The van der Waals surface area contributed by atoms with Crippen LogP contribution < -0.4 is 5.73 Å². The predicted molar refractivity (Wildman–Crippen MR) is 146 cm³/mol. The Morgan fingerprint density at radius 3 is 2.64 bits per heavy atom. The molecule has 2 heterocycles. The van der Waals surface area contributed by atoms with Crippen LogP contribution in [0.15, 0.2) is 42.6 Å². The van der Waals surface area contributed by atoms with Crippen molar-refractivity contribution in [3.63, 3.8) is 0 Å². The number of amides is 2. The molecule has 39 heavy (non-hydrogen) atoms. The van der Waals surface area contributed by atoms with E-state index in [9.17, 15) is 9.59 Å². The van der Waals surface area contributed by atoms with Crippen LogP contribution >= 0.6 is 0 Å². The highest BCUT2D eigenvalue weighted by Crippen LogP contribution is 2.52. The van der Waals surface area contributed by atoms with Crippen molar-refractivity contribution in [1.82, 2.24) is 24.8 Å². The zero-order valence-electron chi connectivity index (χ0n) is 22.1. The molecule has 0 aliphatic heterocycles. The molecule has 3 saturated carbocycles. The highest BCUT2D eigenvalue weighted by atomic mass is 19.1. The summed E-state index contributed by atoms with van der Waals surface area (Å²) in [5.41, 5.74) is 8.68. The average molecular weight is 525 g/mol. The summed E-state index contributed by atoms with van der Waals surface area (Å²) in [5.74, 6) is 7.47. The van der Waals surface area contributed by atoms with E-state index in [2.05, 4.69) is 21.9 Å². The van der Waals surface area contributed by atoms with Crippen LogP contribution in [0.3, 0.4) is 0 Å². The summed E-state index contributed by atoms with van der Waals surface area (Å²) >= 11 is 0. The molecule has 2 aromatic heterocycles. The first-order chi connectivity index (χ1) is 18.7. The minimum atomic E-state index is -0.470. The van der Waals surface area contributed by atoms with E-state index in [-0.39, 0.29) is 18.0 Å². The fourth-order valence-electron chi connectivity index (χ4n) is 5.85. The Balaban J connectivity index is 1.30. The molecule has 3 fully saturated rings. The Bertz CT molecular complexity index is 1710. The third kappa shape index (κ3) is 4.36. The van der Waals surface area contributed by atoms with Crippen molar-refractivity contribution in [2.24, 2.45) is 24.8 Å². The number of nitrogen functional groups attached to an aromatic ring is 1. The Labute approximate surface area is 225 Å². The number of halogens is 1. The monoisotopic (exact) mass is 524 g/mol. The minimum absolute atomic E-state index is 0.125. The molecule has 7 rings (SSSR count). The summed E-state index contributed by atoms with van der Waals surface area (Å²) in [7, 11) is 3.28. The van der Waals surface area contributed by atoms with Crippen LogP contribution in [0.25, 0.3) is 21.8 Å². The fourth-order valence-corrected chi connectivity index (χ4v) is 5.85. The summed E-state index contributed by atoms with van der Waals surface area (Å²) < 4.78 is 16.9. The molecule has 198 valence electrons. The molecular formula is C30H29FN6O2. The topological polar surface area (TPSA) is 97.3 Å². The number of anilines is 1. The molecule has 2 bridgehead atoms. The third-order valence-corrected chi connectivity index (χ3v) is 8.21. The lowest BCUT2D eigenvalue weighted by molar-refractivity contribution is -0.140. The van der Waals surface area contributed by atoms with E-state index < -0.39 is 11.7 Å². The van der Waals surface area contributed by atoms with Crippen LogP contribution in [0, 0.1) is 35.4 Å². The van der Waals surface area contributed by atoms with E-state index in [1.807, 2.05) is 0 Å². The molecule has 9 heteroatoms. The van der Waals surface area contributed by atoms with Crippen molar-refractivity contribution in [3.8, 4) is 11.8 Å². The molecule has 1 atom stereocenters. The first-order valence-electron chi connectivity index (χ1n) is 13.1. The first kappa shape index (κ1) is 24.9. The number of carbonyl (C=O) groups excluding carboxylic acids is 2. The Hall–Kier alpha value is -4.45. The largest absolute Gasteiger partial charge is 0.383 e. The van der Waals surface area contributed by atoms with Crippen LogP contribution in [0.1, 0.15) is 47.7 Å². The van der Waals surface area contributed by atoms with E-state index in [1.54, 1.807) is 48.3 Å². The van der Waals surface area contributed by atoms with Gasteiger partial charge in [-0.05, 0) is 61.4 Å². The quantitative estimate of drug-likeness (QED) is 0.319. The first-order valence-corrected chi connectivity index (χ1v) is 13.1. The summed E-state index contributed by atoms with van der Waals surface area (Å²) in [4.78, 5) is 30.5. The highest BCUT2D eigenvalue weighted by Gasteiger charge is 2.43. The Morgan fingerprint density at radius 1 is 1.15 bits per heavy atom. The lowest BCUT2D eigenvalue weighted by Gasteiger charge is -2.31. The van der Waals surface area contributed by atoms with Gasteiger partial charge in [-0.15, -0.1) is 0 Å². The van der Waals surface area contributed by atoms with Gasteiger partial charge in [0.2, 0.25) is 5.91 Å². The number of benzene rings is 2. The van der Waals surface area contributed by atoms with Crippen LogP contribution in [-0.2, 0) is 18.4 Å². The van der Waals surface area contributed by atoms with Gasteiger partial charge in [0.1, 0.15) is 11.6 Å². The number of fused-ring (bicyclic) bond motifs is 4. The summed E-state index contributed by atoms with van der Waals surface area (Å²) in [6.07, 6.45) is 5.33. The number of aryl methyl sites for hydroxylation is 1. The molecule has 0 spiro atoms. The van der Waals surface area contributed by atoms with Crippen molar-refractivity contribution in [2.75, 3.05) is 12.8 Å². The Kier molecular flexibility index (Phi) is 5.98. The van der Waals surface area contributed by atoms with Gasteiger partial charge in [-0.3, -0.25) is 19.3 Å². The van der Waals surface area contributed by atoms with Crippen molar-refractivity contribution in [2.45, 2.75) is 32.7 Å². The van der Waals surface area contributed by atoms with Crippen LogP contribution in [-0.4, -0.2) is 43.6 Å². The molecular weight excluding hydrogens is 495 g/mol. The second-order valence-corrected chi connectivity index (χ2v) is 10.7. The van der Waals surface area contributed by atoms with Crippen molar-refractivity contribution < 1.29 is 14.0 Å². The molecule has 0 saturated heterocycles. The molecule has 2 aromatic carbocycles. The average Bonchev–Trinajstić information content (AvgIpc) is 3.60. The van der Waals surface area contributed by atoms with E-state index in [0.29, 0.717) is 45.1 Å². The van der Waals surface area contributed by atoms with E-state index in [0.717, 1.165) is 17.9 Å². The maximum atomic E-state index is 15.2. The maximum absolute atomic E-state index is 15.2. The lowest BCUT2D eigenvalue weighted by Crippen LogP contribution is -2.46. The van der Waals surface area contributed by atoms with Gasteiger partial charge in [0.15, 0.2) is 0 Å². The number of hydrogen-bond donors (Lipinski definition) is 1. The number of pyridine rings is 1. The fraction of sp³-hybridized carbons (Fsp3) is 0.333. The number of hydrazine groups is 1. The van der Waals surface area contributed by atoms with Gasteiger partial charge in [0.25, 0.3) is 5.91 Å². The summed E-state index contributed by atoms with van der Waals surface area (Å²) in [6, 6.07) is 9.85. The van der Waals surface area contributed by atoms with Gasteiger partial charge in [-0.1, -0.05) is 17.9 Å². The van der Waals surface area contributed by atoms with Gasteiger partial charge >= 0.3 is 0 Å². The molecule has 4 aromatic rings. The Morgan fingerprint density at radius 2 is 1.95 bits per heavy atom. The number of aromatic nitrogens is 3. The molecule has 3 aliphatic rings. The molecule has 3 aliphatic carbocycles. The number of carbonyl (C=O) groups is 2. The SMILES string of the molecule is CC(=O)N(C)N(Cc1ccc(C#C[C@@H]2CC3CC2C3)cc1F)C(=O)c1ccc2nc(N)c3cnn(C)c3c2c1. The molecule has 2 amide bonds. The third-order valence-electron chi connectivity index (χ3n) is 8.21. The van der Waals surface area contributed by atoms with Gasteiger partial charge in [-0.25, -0.2) is 14.4 Å².